The molecule has 0 aliphatic carbocycles. The van der Waals surface area contributed by atoms with Crippen LogP contribution in [0.15, 0.2) is 77.7 Å². The first-order valence-corrected chi connectivity index (χ1v) is 13.1. The number of hydrogen-bond donors (Lipinski definition) is 1. The molecule has 0 aromatic heterocycles. The monoisotopic (exact) mass is 481 g/mol. The van der Waals surface area contributed by atoms with Gasteiger partial charge in [0.05, 0.1) is 17.5 Å². The zero-order valence-corrected chi connectivity index (χ0v) is 20.2. The van der Waals surface area contributed by atoms with Gasteiger partial charge in [-0.25, -0.2) is 8.42 Å². The lowest BCUT2D eigenvalue weighted by atomic mass is 10.1. The Morgan fingerprint density at radius 1 is 0.941 bits per heavy atom. The molecule has 1 aliphatic heterocycles. The van der Waals surface area contributed by atoms with Crippen LogP contribution in [0.1, 0.15) is 13.3 Å². The second-order valence-corrected chi connectivity index (χ2v) is 10.5. The van der Waals surface area contributed by atoms with E-state index in [9.17, 15) is 18.3 Å². The summed E-state index contributed by atoms with van der Waals surface area (Å²) in [6.45, 7) is 3.59. The van der Waals surface area contributed by atoms with Crippen molar-refractivity contribution in [1.82, 2.24) is 9.21 Å². The average molecular weight is 482 g/mol. The highest BCUT2D eigenvalue weighted by Crippen LogP contribution is 2.23. The Bertz CT molecular complexity index is 1230. The van der Waals surface area contributed by atoms with Gasteiger partial charge in [-0.2, -0.15) is 4.31 Å². The van der Waals surface area contributed by atoms with Gasteiger partial charge in [-0.15, -0.1) is 0 Å². The molecule has 0 spiro atoms. The summed E-state index contributed by atoms with van der Waals surface area (Å²) < 4.78 is 27.9. The summed E-state index contributed by atoms with van der Waals surface area (Å²) in [6.07, 6.45) is 0.0694. The number of sulfonamides is 1. The number of aliphatic hydroxyl groups is 1. The lowest BCUT2D eigenvalue weighted by Crippen LogP contribution is -2.53. The topological polar surface area (TPSA) is 81.2 Å². The van der Waals surface area contributed by atoms with E-state index in [4.69, 9.17) is 0 Å². The molecule has 0 saturated carbocycles. The fourth-order valence-corrected chi connectivity index (χ4v) is 5.66. The number of benzene rings is 3. The smallest absolute Gasteiger partial charge is 0.243 e. The van der Waals surface area contributed by atoms with Crippen LogP contribution in [0.4, 0.5) is 5.69 Å². The van der Waals surface area contributed by atoms with Gasteiger partial charge in [-0.3, -0.25) is 4.79 Å². The van der Waals surface area contributed by atoms with E-state index in [1.54, 1.807) is 17.0 Å². The maximum atomic E-state index is 13.2. The number of fused-ring (bicyclic) bond motifs is 1. The van der Waals surface area contributed by atoms with Crippen molar-refractivity contribution in [3.8, 4) is 0 Å². The fourth-order valence-electron chi connectivity index (χ4n) is 4.20. The van der Waals surface area contributed by atoms with Gasteiger partial charge in [0, 0.05) is 38.4 Å². The largest absolute Gasteiger partial charge is 0.391 e. The van der Waals surface area contributed by atoms with Crippen molar-refractivity contribution in [2.45, 2.75) is 24.3 Å². The van der Waals surface area contributed by atoms with Crippen molar-refractivity contribution in [2.24, 2.45) is 0 Å². The number of hydrogen-bond acceptors (Lipinski definition) is 5. The van der Waals surface area contributed by atoms with Crippen molar-refractivity contribution in [1.29, 1.82) is 0 Å². The predicted octanol–water partition coefficient (Wildman–Crippen LogP) is 2.95. The van der Waals surface area contributed by atoms with Crippen LogP contribution in [0.5, 0.6) is 0 Å². The minimum Gasteiger partial charge on any atom is -0.391 e. The molecule has 0 radical (unpaired) electrons. The Labute approximate surface area is 201 Å². The Hall–Kier alpha value is -2.94. The zero-order chi connectivity index (χ0) is 24.1. The summed E-state index contributed by atoms with van der Waals surface area (Å²) in [5.74, 6) is -0.0742. The summed E-state index contributed by atoms with van der Waals surface area (Å²) in [5.41, 5.74) is 0.876. The lowest BCUT2D eigenvalue weighted by molar-refractivity contribution is -0.130. The van der Waals surface area contributed by atoms with Crippen LogP contribution in [0.25, 0.3) is 10.8 Å². The highest BCUT2D eigenvalue weighted by Gasteiger charge is 2.31. The number of anilines is 1. The summed E-state index contributed by atoms with van der Waals surface area (Å²) >= 11 is 0. The Kier molecular flexibility index (Phi) is 7.50. The maximum Gasteiger partial charge on any atom is 0.243 e. The molecule has 1 unspecified atom stereocenters. The second-order valence-electron chi connectivity index (χ2n) is 8.57. The van der Waals surface area contributed by atoms with E-state index in [-0.39, 0.29) is 30.4 Å². The third-order valence-corrected chi connectivity index (χ3v) is 8.19. The van der Waals surface area contributed by atoms with Crippen LogP contribution in [0.2, 0.25) is 0 Å². The van der Waals surface area contributed by atoms with E-state index in [2.05, 4.69) is 0 Å². The van der Waals surface area contributed by atoms with Gasteiger partial charge in [-0.1, -0.05) is 55.5 Å². The number of carbonyl (C=O) groups excluding carboxylic acids is 1. The number of amides is 1. The Balaban J connectivity index is 1.41. The molecular weight excluding hydrogens is 450 g/mol. The van der Waals surface area contributed by atoms with E-state index < -0.39 is 16.1 Å². The molecule has 34 heavy (non-hydrogen) atoms. The Morgan fingerprint density at radius 2 is 1.59 bits per heavy atom. The fraction of sp³-hybridized carbons (Fsp3) is 0.346. The van der Waals surface area contributed by atoms with Crippen LogP contribution < -0.4 is 4.90 Å². The molecule has 0 bridgehead atoms. The minimum absolute atomic E-state index is 0.0742. The first-order valence-electron chi connectivity index (χ1n) is 11.6. The normalized spacial score (nSPS) is 15.9. The molecule has 4 rings (SSSR count). The molecule has 1 amide bonds. The molecule has 180 valence electrons. The molecule has 1 atom stereocenters. The van der Waals surface area contributed by atoms with E-state index in [0.717, 1.165) is 16.5 Å². The van der Waals surface area contributed by atoms with Crippen LogP contribution in [0, 0.1) is 0 Å². The van der Waals surface area contributed by atoms with Gasteiger partial charge in [0.15, 0.2) is 0 Å². The lowest BCUT2D eigenvalue weighted by Gasteiger charge is -2.36. The van der Waals surface area contributed by atoms with Crippen LogP contribution in [-0.2, 0) is 14.8 Å². The number of carbonyl (C=O) groups is 1. The average Bonchev–Trinajstić information content (AvgIpc) is 2.88. The third-order valence-electron chi connectivity index (χ3n) is 6.30. The van der Waals surface area contributed by atoms with Crippen LogP contribution >= 0.6 is 0 Å². The number of para-hydroxylation sites is 1. The van der Waals surface area contributed by atoms with Gasteiger partial charge >= 0.3 is 0 Å². The second kappa shape index (κ2) is 10.5. The molecule has 1 N–H and O–H groups in total. The highest BCUT2D eigenvalue weighted by atomic mass is 32.2. The van der Waals surface area contributed by atoms with Crippen molar-refractivity contribution in [3.05, 3.63) is 72.8 Å². The van der Waals surface area contributed by atoms with Crippen molar-refractivity contribution < 1.29 is 18.3 Å². The predicted molar refractivity (Wildman–Crippen MR) is 134 cm³/mol. The number of rotatable bonds is 8. The van der Waals surface area contributed by atoms with Crippen LogP contribution in [0.3, 0.4) is 0 Å². The van der Waals surface area contributed by atoms with Gasteiger partial charge in [0.1, 0.15) is 0 Å². The summed E-state index contributed by atoms with van der Waals surface area (Å²) in [6, 6.07) is 22.4. The van der Waals surface area contributed by atoms with Gasteiger partial charge in [0.25, 0.3) is 0 Å². The molecule has 3 aromatic carbocycles. The van der Waals surface area contributed by atoms with Crippen LogP contribution in [-0.4, -0.2) is 74.0 Å². The number of nitrogens with zero attached hydrogens (tertiary/aromatic N) is 3. The molecule has 1 saturated heterocycles. The highest BCUT2D eigenvalue weighted by molar-refractivity contribution is 7.89. The Morgan fingerprint density at radius 3 is 2.26 bits per heavy atom. The van der Waals surface area contributed by atoms with Gasteiger partial charge in [-0.05, 0) is 41.5 Å². The van der Waals surface area contributed by atoms with Crippen molar-refractivity contribution >= 4 is 32.4 Å². The molecule has 1 fully saturated rings. The number of aliphatic hydroxyl groups excluding tert-OH is 1. The molecule has 8 heteroatoms. The summed E-state index contributed by atoms with van der Waals surface area (Å²) in [7, 11) is -3.64. The molecule has 1 heterocycles. The number of piperazine rings is 1. The van der Waals surface area contributed by atoms with Gasteiger partial charge < -0.3 is 14.9 Å². The first-order chi connectivity index (χ1) is 16.4. The van der Waals surface area contributed by atoms with Crippen molar-refractivity contribution in [2.75, 3.05) is 44.2 Å². The summed E-state index contributed by atoms with van der Waals surface area (Å²) in [5, 5.41) is 12.0. The zero-order valence-electron chi connectivity index (χ0n) is 19.4. The van der Waals surface area contributed by atoms with Gasteiger partial charge in [0.2, 0.25) is 15.9 Å². The van der Waals surface area contributed by atoms with E-state index in [1.807, 2.05) is 72.5 Å². The molecule has 3 aromatic rings. The van der Waals surface area contributed by atoms with E-state index in [0.29, 0.717) is 26.1 Å². The quantitative estimate of drug-likeness (QED) is 0.535. The third kappa shape index (κ3) is 5.41. The minimum atomic E-state index is -3.64. The summed E-state index contributed by atoms with van der Waals surface area (Å²) in [4.78, 5) is 16.9. The SMILES string of the molecule is CCC(O)CN(CC(=O)N1CCN(S(=O)(=O)c2ccc3ccccc3c2)CC1)c1ccccc1. The molecular formula is C26H31N3O4S. The standard InChI is InChI=1S/C26H31N3O4S/c1-2-24(30)19-28(23-10-4-3-5-11-23)20-26(31)27-14-16-29(17-15-27)34(32,33)25-13-12-21-8-6-7-9-22(21)18-25/h3-13,18,24,30H,2,14-17,19-20H2,1H3. The maximum absolute atomic E-state index is 13.2. The van der Waals surface area contributed by atoms with E-state index >= 15 is 0 Å². The van der Waals surface area contributed by atoms with E-state index in [1.165, 1.54) is 4.31 Å². The first kappa shape index (κ1) is 24.2. The van der Waals surface area contributed by atoms with Crippen molar-refractivity contribution in [3.63, 3.8) is 0 Å². The molecule has 7 nitrogen and oxygen atoms in total. The molecule has 1 aliphatic rings.